The van der Waals surface area contributed by atoms with Crippen LogP contribution in [-0.2, 0) is 13.6 Å². The summed E-state index contributed by atoms with van der Waals surface area (Å²) < 4.78 is 1.70. The second-order valence-corrected chi connectivity index (χ2v) is 4.64. The summed E-state index contributed by atoms with van der Waals surface area (Å²) in [7, 11) is 1.82. The van der Waals surface area contributed by atoms with Gasteiger partial charge in [0.2, 0.25) is 0 Å². The fraction of sp³-hybridized carbons (Fsp3) is 0.385. The van der Waals surface area contributed by atoms with Gasteiger partial charge in [-0.15, -0.1) is 0 Å². The monoisotopic (exact) mass is 274 g/mol. The minimum Gasteiger partial charge on any atom is -0.331 e. The van der Waals surface area contributed by atoms with Crippen molar-refractivity contribution in [2.24, 2.45) is 7.05 Å². The predicted octanol–water partition coefficient (Wildman–Crippen LogP) is 1.46. The van der Waals surface area contributed by atoms with Gasteiger partial charge < -0.3 is 10.6 Å². The van der Waals surface area contributed by atoms with Crippen molar-refractivity contribution < 1.29 is 4.79 Å². The van der Waals surface area contributed by atoms with Crippen molar-refractivity contribution in [3.05, 3.63) is 35.2 Å². The Labute approximate surface area is 117 Å². The first-order valence-electron chi connectivity index (χ1n) is 6.30. The SMILES string of the molecule is Cc1cc(C)nc(CNC(=O)Nc2cnn(C)c2C)n1. The number of hydrogen-bond donors (Lipinski definition) is 2. The van der Waals surface area contributed by atoms with Crippen LogP contribution in [0.2, 0.25) is 0 Å². The van der Waals surface area contributed by atoms with Gasteiger partial charge in [-0.3, -0.25) is 4.68 Å². The number of anilines is 1. The number of amides is 2. The summed E-state index contributed by atoms with van der Waals surface area (Å²) >= 11 is 0. The molecule has 0 aliphatic carbocycles. The first kappa shape index (κ1) is 14.0. The summed E-state index contributed by atoms with van der Waals surface area (Å²) in [5.74, 6) is 0.598. The maximum absolute atomic E-state index is 11.8. The van der Waals surface area contributed by atoms with Gasteiger partial charge in [-0.1, -0.05) is 0 Å². The van der Waals surface area contributed by atoms with Gasteiger partial charge in [-0.05, 0) is 26.8 Å². The van der Waals surface area contributed by atoms with Crippen molar-refractivity contribution in [3.63, 3.8) is 0 Å². The molecule has 0 saturated heterocycles. The van der Waals surface area contributed by atoms with E-state index in [-0.39, 0.29) is 12.6 Å². The molecule has 20 heavy (non-hydrogen) atoms. The van der Waals surface area contributed by atoms with E-state index in [0.29, 0.717) is 11.5 Å². The topological polar surface area (TPSA) is 84.7 Å². The molecule has 0 fully saturated rings. The van der Waals surface area contributed by atoms with Gasteiger partial charge in [0.15, 0.2) is 0 Å². The molecule has 0 aliphatic rings. The van der Waals surface area contributed by atoms with E-state index < -0.39 is 0 Å². The van der Waals surface area contributed by atoms with E-state index in [4.69, 9.17) is 0 Å². The molecule has 2 N–H and O–H groups in total. The fourth-order valence-corrected chi connectivity index (χ4v) is 1.83. The van der Waals surface area contributed by atoms with Crippen molar-refractivity contribution in [2.45, 2.75) is 27.3 Å². The highest BCUT2D eigenvalue weighted by Crippen LogP contribution is 2.11. The molecule has 0 saturated carbocycles. The highest BCUT2D eigenvalue weighted by molar-refractivity contribution is 5.89. The Kier molecular flexibility index (Phi) is 3.97. The number of carbonyl (C=O) groups is 1. The lowest BCUT2D eigenvalue weighted by atomic mass is 10.3. The normalized spacial score (nSPS) is 10.4. The van der Waals surface area contributed by atoms with Gasteiger partial charge in [0, 0.05) is 18.4 Å². The Balaban J connectivity index is 1.94. The first-order valence-corrected chi connectivity index (χ1v) is 6.30. The number of urea groups is 1. The number of nitrogens with one attached hydrogen (secondary N) is 2. The third-order valence-corrected chi connectivity index (χ3v) is 2.92. The zero-order valence-corrected chi connectivity index (χ0v) is 12.1. The summed E-state index contributed by atoms with van der Waals surface area (Å²) in [5, 5.41) is 9.53. The molecule has 0 bridgehead atoms. The lowest BCUT2D eigenvalue weighted by Gasteiger charge is -2.07. The summed E-state index contributed by atoms with van der Waals surface area (Å²) in [6, 6.07) is 1.59. The average molecular weight is 274 g/mol. The fourth-order valence-electron chi connectivity index (χ4n) is 1.83. The molecule has 0 unspecified atom stereocenters. The van der Waals surface area contributed by atoms with Gasteiger partial charge in [0.25, 0.3) is 0 Å². The van der Waals surface area contributed by atoms with Gasteiger partial charge in [-0.2, -0.15) is 5.10 Å². The van der Waals surface area contributed by atoms with Crippen molar-refractivity contribution in [1.29, 1.82) is 0 Å². The summed E-state index contributed by atoms with van der Waals surface area (Å²) in [6.07, 6.45) is 1.61. The quantitative estimate of drug-likeness (QED) is 0.887. The summed E-state index contributed by atoms with van der Waals surface area (Å²) in [4.78, 5) is 20.3. The van der Waals surface area contributed by atoms with Crippen LogP contribution in [0.4, 0.5) is 10.5 Å². The van der Waals surface area contributed by atoms with Gasteiger partial charge in [-0.25, -0.2) is 14.8 Å². The van der Waals surface area contributed by atoms with Crippen LogP contribution in [0.25, 0.3) is 0 Å². The lowest BCUT2D eigenvalue weighted by Crippen LogP contribution is -2.29. The Morgan fingerprint density at radius 3 is 2.45 bits per heavy atom. The Bertz CT molecular complexity index is 614. The Morgan fingerprint density at radius 2 is 1.90 bits per heavy atom. The molecule has 2 amide bonds. The van der Waals surface area contributed by atoms with Crippen molar-refractivity contribution in [1.82, 2.24) is 25.1 Å². The average Bonchev–Trinajstić information content (AvgIpc) is 2.67. The van der Waals surface area contributed by atoms with Crippen LogP contribution in [0.1, 0.15) is 22.9 Å². The highest BCUT2D eigenvalue weighted by atomic mass is 16.2. The van der Waals surface area contributed by atoms with Crippen LogP contribution >= 0.6 is 0 Å². The van der Waals surface area contributed by atoms with Crippen LogP contribution in [0.15, 0.2) is 12.3 Å². The second-order valence-electron chi connectivity index (χ2n) is 4.64. The first-order chi connectivity index (χ1) is 9.45. The van der Waals surface area contributed by atoms with E-state index in [2.05, 4.69) is 25.7 Å². The molecule has 0 aliphatic heterocycles. The number of nitrogens with zero attached hydrogens (tertiary/aromatic N) is 4. The van der Waals surface area contributed by atoms with E-state index in [1.54, 1.807) is 10.9 Å². The van der Waals surface area contributed by atoms with Gasteiger partial charge in [0.1, 0.15) is 5.82 Å². The van der Waals surface area contributed by atoms with Crippen LogP contribution in [0, 0.1) is 20.8 Å². The van der Waals surface area contributed by atoms with E-state index >= 15 is 0 Å². The molecule has 2 rings (SSSR count). The zero-order valence-electron chi connectivity index (χ0n) is 12.1. The molecule has 2 aromatic heterocycles. The number of aromatic nitrogens is 4. The van der Waals surface area contributed by atoms with Crippen LogP contribution in [0.3, 0.4) is 0 Å². The second kappa shape index (κ2) is 5.68. The molecular weight excluding hydrogens is 256 g/mol. The molecule has 0 spiro atoms. The maximum atomic E-state index is 11.8. The third-order valence-electron chi connectivity index (χ3n) is 2.92. The van der Waals surface area contributed by atoms with E-state index in [1.165, 1.54) is 0 Å². The number of aryl methyl sites for hydroxylation is 3. The van der Waals surface area contributed by atoms with Crippen LogP contribution in [0.5, 0.6) is 0 Å². The van der Waals surface area contributed by atoms with Crippen molar-refractivity contribution in [2.75, 3.05) is 5.32 Å². The molecule has 2 aromatic rings. The minimum absolute atomic E-state index is 0.285. The lowest BCUT2D eigenvalue weighted by molar-refractivity contribution is 0.251. The smallest absolute Gasteiger partial charge is 0.319 e. The largest absolute Gasteiger partial charge is 0.331 e. The number of rotatable bonds is 3. The van der Waals surface area contributed by atoms with Gasteiger partial charge >= 0.3 is 6.03 Å². The predicted molar refractivity (Wildman–Crippen MR) is 75.3 cm³/mol. The van der Waals surface area contributed by atoms with E-state index in [0.717, 1.165) is 17.1 Å². The number of carbonyl (C=O) groups excluding carboxylic acids is 1. The molecule has 7 heteroatoms. The molecule has 0 radical (unpaired) electrons. The standard InChI is InChI=1S/C13H18N6O/c1-8-5-9(2)17-12(16-8)7-14-13(20)18-11-6-15-19(4)10(11)3/h5-6H,7H2,1-4H3,(H2,14,18,20). The van der Waals surface area contributed by atoms with Crippen molar-refractivity contribution >= 4 is 11.7 Å². The molecule has 7 nitrogen and oxygen atoms in total. The Hall–Kier alpha value is -2.44. The molecule has 106 valence electrons. The van der Waals surface area contributed by atoms with Crippen LogP contribution in [-0.4, -0.2) is 25.8 Å². The number of hydrogen-bond acceptors (Lipinski definition) is 4. The molecular formula is C13H18N6O. The zero-order chi connectivity index (χ0) is 14.7. The van der Waals surface area contributed by atoms with E-state index in [1.807, 2.05) is 33.9 Å². The molecule has 0 aromatic carbocycles. The third kappa shape index (κ3) is 3.31. The highest BCUT2D eigenvalue weighted by Gasteiger charge is 2.08. The summed E-state index contributed by atoms with van der Waals surface area (Å²) in [6.45, 7) is 5.97. The molecule has 0 atom stereocenters. The minimum atomic E-state index is -0.302. The maximum Gasteiger partial charge on any atom is 0.319 e. The van der Waals surface area contributed by atoms with Crippen LogP contribution < -0.4 is 10.6 Å². The van der Waals surface area contributed by atoms with Gasteiger partial charge in [0.05, 0.1) is 24.1 Å². The molecule has 2 heterocycles. The Morgan fingerprint density at radius 1 is 1.25 bits per heavy atom. The van der Waals surface area contributed by atoms with E-state index in [9.17, 15) is 4.79 Å². The summed E-state index contributed by atoms with van der Waals surface area (Å²) in [5.41, 5.74) is 3.35. The van der Waals surface area contributed by atoms with Crippen molar-refractivity contribution in [3.8, 4) is 0 Å².